The molecule has 2 aromatic carbocycles. The molecule has 0 aliphatic carbocycles. The van der Waals surface area contributed by atoms with Crippen molar-refractivity contribution in [3.63, 3.8) is 0 Å². The third kappa shape index (κ3) is 3.56. The molecule has 1 aromatic heterocycles. The van der Waals surface area contributed by atoms with Gasteiger partial charge >= 0.3 is 5.97 Å². The van der Waals surface area contributed by atoms with Gasteiger partial charge < -0.3 is 9.67 Å². The monoisotopic (exact) mass is 405 g/mol. The van der Waals surface area contributed by atoms with Crippen LogP contribution in [0, 0.1) is 0 Å². The van der Waals surface area contributed by atoms with Gasteiger partial charge in [0, 0.05) is 36.3 Å². The molecule has 0 saturated carbocycles. The highest BCUT2D eigenvalue weighted by Crippen LogP contribution is 2.35. The zero-order valence-corrected chi connectivity index (χ0v) is 16.8. The molecule has 6 nitrogen and oxygen atoms in total. The quantitative estimate of drug-likeness (QED) is 0.649. The van der Waals surface area contributed by atoms with E-state index in [1.54, 1.807) is 17.0 Å². The van der Waals surface area contributed by atoms with E-state index in [4.69, 9.17) is 0 Å². The molecule has 4 rings (SSSR count). The van der Waals surface area contributed by atoms with Gasteiger partial charge in [0.25, 0.3) is 5.91 Å². The summed E-state index contributed by atoms with van der Waals surface area (Å²) in [7, 11) is 1.98. The van der Waals surface area contributed by atoms with Crippen LogP contribution in [0.25, 0.3) is 17.0 Å². The van der Waals surface area contributed by atoms with Crippen LogP contribution in [0.15, 0.2) is 64.6 Å². The molecule has 1 fully saturated rings. The van der Waals surface area contributed by atoms with Crippen LogP contribution in [0.3, 0.4) is 0 Å². The lowest BCUT2D eigenvalue weighted by Gasteiger charge is -2.12. The predicted octanol–water partition coefficient (Wildman–Crippen LogP) is 4.50. The van der Waals surface area contributed by atoms with Crippen LogP contribution in [0.1, 0.15) is 22.8 Å². The smallest absolute Gasteiger partial charge is 0.335 e. The van der Waals surface area contributed by atoms with Crippen LogP contribution in [-0.4, -0.2) is 38.2 Å². The summed E-state index contributed by atoms with van der Waals surface area (Å²) in [6.45, 7) is 2.37. The second-order valence-corrected chi connectivity index (χ2v) is 7.63. The Morgan fingerprint density at radius 1 is 1.21 bits per heavy atom. The van der Waals surface area contributed by atoms with Crippen molar-refractivity contribution in [2.45, 2.75) is 6.92 Å². The number of thioether (sulfide) groups is 1. The van der Waals surface area contributed by atoms with Crippen molar-refractivity contribution < 1.29 is 14.7 Å². The van der Waals surface area contributed by atoms with Crippen LogP contribution in [0.5, 0.6) is 0 Å². The first-order valence-corrected chi connectivity index (χ1v) is 9.97. The maximum atomic E-state index is 12.9. The Labute approximate surface area is 172 Å². The number of amides is 1. The number of fused-ring (bicyclic) bond motifs is 1. The zero-order chi connectivity index (χ0) is 20.5. The van der Waals surface area contributed by atoms with Gasteiger partial charge in [0.2, 0.25) is 0 Å². The number of aryl methyl sites for hydroxylation is 1. The molecule has 1 aliphatic heterocycles. The molecule has 0 unspecified atom stereocenters. The summed E-state index contributed by atoms with van der Waals surface area (Å²) in [5, 5.41) is 10.8. The van der Waals surface area contributed by atoms with E-state index < -0.39 is 5.97 Å². The maximum Gasteiger partial charge on any atom is 0.335 e. The van der Waals surface area contributed by atoms with Gasteiger partial charge in [0.1, 0.15) is 0 Å². The molecule has 0 bridgehead atoms. The molecule has 0 spiro atoms. The second kappa shape index (κ2) is 7.60. The number of nitrogens with zero attached hydrogens (tertiary/aromatic N) is 3. The highest BCUT2D eigenvalue weighted by atomic mass is 32.2. The first-order chi connectivity index (χ1) is 14.0. The number of carbonyl (C=O) groups excluding carboxylic acids is 1. The lowest BCUT2D eigenvalue weighted by Crippen LogP contribution is -2.28. The lowest BCUT2D eigenvalue weighted by atomic mass is 10.1. The van der Waals surface area contributed by atoms with Gasteiger partial charge in [-0.05, 0) is 49.0 Å². The van der Waals surface area contributed by atoms with Crippen molar-refractivity contribution in [3.8, 4) is 0 Å². The fraction of sp³-hybridized carbons (Fsp3) is 0.136. The molecule has 1 amide bonds. The van der Waals surface area contributed by atoms with E-state index in [9.17, 15) is 14.7 Å². The molecule has 1 saturated heterocycles. The predicted molar refractivity (Wildman–Crippen MR) is 116 cm³/mol. The number of amidine groups is 1. The first-order valence-electron chi connectivity index (χ1n) is 9.15. The van der Waals surface area contributed by atoms with Crippen LogP contribution in [0.2, 0.25) is 0 Å². The minimum Gasteiger partial charge on any atom is -0.478 e. The molecule has 7 heteroatoms. The summed E-state index contributed by atoms with van der Waals surface area (Å²) in [4.78, 5) is 30.9. The fourth-order valence-corrected chi connectivity index (χ4v) is 4.37. The van der Waals surface area contributed by atoms with Crippen molar-refractivity contribution >= 4 is 51.5 Å². The number of hydrogen-bond donors (Lipinski definition) is 1. The van der Waals surface area contributed by atoms with Gasteiger partial charge in [0.15, 0.2) is 5.17 Å². The number of hydrogen-bond acceptors (Lipinski definition) is 4. The largest absolute Gasteiger partial charge is 0.478 e. The number of aromatic carboxylic acids is 1. The van der Waals surface area contributed by atoms with E-state index in [1.807, 2.05) is 55.1 Å². The molecule has 3 aromatic rings. The Hall–Kier alpha value is -3.32. The number of benzene rings is 2. The zero-order valence-electron chi connectivity index (χ0n) is 16.0. The Balaban J connectivity index is 1.72. The molecular weight excluding hydrogens is 386 g/mol. The highest BCUT2D eigenvalue weighted by molar-refractivity contribution is 8.18. The average molecular weight is 405 g/mol. The SMILES string of the molecule is CCN1C(=O)/C(=C/c2cn(C)c3ccccc23)SC1=Nc1cccc(C(=O)O)c1. The van der Waals surface area contributed by atoms with Crippen molar-refractivity contribution in [2.24, 2.45) is 12.0 Å². The number of carbonyl (C=O) groups is 2. The van der Waals surface area contributed by atoms with Crippen molar-refractivity contribution in [1.29, 1.82) is 0 Å². The van der Waals surface area contributed by atoms with Crippen LogP contribution in [0.4, 0.5) is 5.69 Å². The van der Waals surface area contributed by atoms with Crippen molar-refractivity contribution in [1.82, 2.24) is 9.47 Å². The Morgan fingerprint density at radius 3 is 2.76 bits per heavy atom. The fourth-order valence-electron chi connectivity index (χ4n) is 3.32. The molecule has 1 N–H and O–H groups in total. The normalized spacial score (nSPS) is 17.0. The summed E-state index contributed by atoms with van der Waals surface area (Å²) in [5.74, 6) is -1.11. The third-order valence-electron chi connectivity index (χ3n) is 4.74. The minimum atomic E-state index is -1.01. The van der Waals surface area contributed by atoms with Crippen LogP contribution >= 0.6 is 11.8 Å². The highest BCUT2D eigenvalue weighted by Gasteiger charge is 2.32. The topological polar surface area (TPSA) is 74.9 Å². The molecule has 2 heterocycles. The summed E-state index contributed by atoms with van der Waals surface area (Å²) in [6, 6.07) is 14.4. The van der Waals surface area contributed by atoms with E-state index in [0.717, 1.165) is 16.5 Å². The molecule has 0 atom stereocenters. The first kappa shape index (κ1) is 19.0. The average Bonchev–Trinajstić information content (AvgIpc) is 3.19. The Bertz CT molecular complexity index is 1190. The van der Waals surface area contributed by atoms with Gasteiger partial charge in [-0.2, -0.15) is 0 Å². The second-order valence-electron chi connectivity index (χ2n) is 6.62. The Kier molecular flexibility index (Phi) is 4.98. The number of aromatic nitrogens is 1. The van der Waals surface area contributed by atoms with Gasteiger partial charge in [0.05, 0.1) is 16.2 Å². The maximum absolute atomic E-state index is 12.9. The van der Waals surface area contributed by atoms with Crippen molar-refractivity contribution in [3.05, 3.63) is 70.8 Å². The lowest BCUT2D eigenvalue weighted by molar-refractivity contribution is -0.122. The van der Waals surface area contributed by atoms with Crippen LogP contribution in [-0.2, 0) is 11.8 Å². The van der Waals surface area contributed by atoms with E-state index in [2.05, 4.69) is 4.99 Å². The van der Waals surface area contributed by atoms with E-state index in [1.165, 1.54) is 23.9 Å². The molecule has 1 aliphatic rings. The van der Waals surface area contributed by atoms with E-state index in [-0.39, 0.29) is 11.5 Å². The summed E-state index contributed by atoms with van der Waals surface area (Å²) in [6.07, 6.45) is 3.90. The summed E-state index contributed by atoms with van der Waals surface area (Å²) >= 11 is 1.30. The number of para-hydroxylation sites is 1. The molecule has 146 valence electrons. The van der Waals surface area contributed by atoms with E-state index in [0.29, 0.717) is 22.3 Å². The van der Waals surface area contributed by atoms with Gasteiger partial charge in [-0.3, -0.25) is 9.69 Å². The van der Waals surface area contributed by atoms with Gasteiger partial charge in [-0.1, -0.05) is 24.3 Å². The standard InChI is InChI=1S/C22H19N3O3S/c1-3-25-20(26)19(12-15-13-24(2)18-10-5-4-9-17(15)18)29-22(25)23-16-8-6-7-14(11-16)21(27)28/h4-13H,3H2,1-2H3,(H,27,28)/b19-12-,23-22?. The number of likely N-dealkylation sites (N-methyl/N-ethyl adjacent to an activating group) is 1. The Morgan fingerprint density at radius 2 is 2.00 bits per heavy atom. The van der Waals surface area contributed by atoms with Crippen LogP contribution < -0.4 is 0 Å². The number of carboxylic acid groups (broad SMARTS) is 1. The van der Waals surface area contributed by atoms with Gasteiger partial charge in [-0.25, -0.2) is 9.79 Å². The molecular formula is C22H19N3O3S. The van der Waals surface area contributed by atoms with E-state index >= 15 is 0 Å². The van der Waals surface area contributed by atoms with Gasteiger partial charge in [-0.15, -0.1) is 0 Å². The summed E-state index contributed by atoms with van der Waals surface area (Å²) < 4.78 is 2.04. The third-order valence-corrected chi connectivity index (χ3v) is 5.74. The number of carboxylic acids is 1. The molecule has 29 heavy (non-hydrogen) atoms. The summed E-state index contributed by atoms with van der Waals surface area (Å²) in [5.41, 5.74) is 2.74. The minimum absolute atomic E-state index is 0.0985. The van der Waals surface area contributed by atoms with Crippen molar-refractivity contribution in [2.75, 3.05) is 6.54 Å². The molecule has 0 radical (unpaired) electrons. The number of rotatable bonds is 4. The number of aliphatic imine (C=N–C) groups is 1.